The van der Waals surface area contributed by atoms with Crippen LogP contribution in [0.5, 0.6) is 5.75 Å². The van der Waals surface area contributed by atoms with Crippen molar-refractivity contribution in [1.82, 2.24) is 10.6 Å². The Balaban J connectivity index is 1.74. The molecule has 0 aromatic heterocycles. The Bertz CT molecular complexity index is 975. The van der Waals surface area contributed by atoms with E-state index >= 15 is 0 Å². The summed E-state index contributed by atoms with van der Waals surface area (Å²) in [4.78, 5) is 36.8. The average Bonchev–Trinajstić information content (AvgIpc) is 2.77. The van der Waals surface area contributed by atoms with Gasteiger partial charge in [0.15, 0.2) is 6.61 Å². The molecule has 1 aliphatic rings. The Morgan fingerprint density at radius 3 is 2.42 bits per heavy atom. The first kappa shape index (κ1) is 21.8. The van der Waals surface area contributed by atoms with Gasteiger partial charge in [-0.25, -0.2) is 18.8 Å². The van der Waals surface area contributed by atoms with Crippen LogP contribution in [0.25, 0.3) is 0 Å². The number of esters is 2. The molecule has 0 spiro atoms. The standard InChI is InChI=1S/C22H21FN2O6/c1-2-29-21(27)19-17(24-22(28)25-20(19)14-6-4-3-5-7-14)12-31-18(26)13-30-16-10-8-15(23)9-11-16/h3-11,20H,2,12-13H2,1H3,(H2,24,25,28). The van der Waals surface area contributed by atoms with Crippen LogP contribution in [0.4, 0.5) is 9.18 Å². The molecule has 1 heterocycles. The van der Waals surface area contributed by atoms with Crippen LogP contribution in [-0.2, 0) is 19.1 Å². The number of halogens is 1. The third kappa shape index (κ3) is 5.81. The molecule has 2 aromatic rings. The highest BCUT2D eigenvalue weighted by Gasteiger charge is 2.34. The Kier molecular flexibility index (Phi) is 7.21. The molecule has 1 unspecified atom stereocenters. The topological polar surface area (TPSA) is 103 Å². The van der Waals surface area contributed by atoms with E-state index in [1.165, 1.54) is 24.3 Å². The van der Waals surface area contributed by atoms with Crippen LogP contribution in [-0.4, -0.2) is 37.8 Å². The zero-order valence-electron chi connectivity index (χ0n) is 16.7. The quantitative estimate of drug-likeness (QED) is 0.627. The summed E-state index contributed by atoms with van der Waals surface area (Å²) in [5.74, 6) is -1.51. The fourth-order valence-electron chi connectivity index (χ4n) is 2.94. The number of hydrogen-bond donors (Lipinski definition) is 2. The summed E-state index contributed by atoms with van der Waals surface area (Å²) in [6.07, 6.45) is 0. The Morgan fingerprint density at radius 1 is 1.03 bits per heavy atom. The second-order valence-corrected chi connectivity index (χ2v) is 6.46. The van der Waals surface area contributed by atoms with Gasteiger partial charge in [0.2, 0.25) is 0 Å². The molecule has 1 aliphatic heterocycles. The lowest BCUT2D eigenvalue weighted by molar-refractivity contribution is -0.145. The molecule has 0 aliphatic carbocycles. The van der Waals surface area contributed by atoms with Crippen molar-refractivity contribution in [3.05, 3.63) is 77.2 Å². The lowest BCUT2D eigenvalue weighted by Gasteiger charge is -2.29. The molecule has 0 fully saturated rings. The first-order valence-corrected chi connectivity index (χ1v) is 9.54. The lowest BCUT2D eigenvalue weighted by Crippen LogP contribution is -2.47. The van der Waals surface area contributed by atoms with Crippen molar-refractivity contribution >= 4 is 18.0 Å². The van der Waals surface area contributed by atoms with E-state index in [1.807, 2.05) is 6.07 Å². The molecule has 1 atom stereocenters. The van der Waals surface area contributed by atoms with Gasteiger partial charge in [0.05, 0.1) is 23.9 Å². The van der Waals surface area contributed by atoms with Gasteiger partial charge in [-0.3, -0.25) is 0 Å². The first-order chi connectivity index (χ1) is 15.0. The molecule has 9 heteroatoms. The predicted octanol–water partition coefficient (Wildman–Crippen LogP) is 2.62. The van der Waals surface area contributed by atoms with E-state index in [0.717, 1.165) is 0 Å². The zero-order valence-corrected chi connectivity index (χ0v) is 16.7. The Labute approximate surface area is 178 Å². The van der Waals surface area contributed by atoms with Crippen molar-refractivity contribution in [3.63, 3.8) is 0 Å². The first-order valence-electron chi connectivity index (χ1n) is 9.54. The molecular formula is C22H21FN2O6. The maximum Gasteiger partial charge on any atom is 0.344 e. The molecule has 0 bridgehead atoms. The highest BCUT2D eigenvalue weighted by atomic mass is 19.1. The van der Waals surface area contributed by atoms with E-state index in [1.54, 1.807) is 31.2 Å². The minimum Gasteiger partial charge on any atom is -0.482 e. The number of amides is 2. The van der Waals surface area contributed by atoms with Crippen LogP contribution in [0.15, 0.2) is 65.9 Å². The van der Waals surface area contributed by atoms with Crippen LogP contribution in [0.2, 0.25) is 0 Å². The number of benzene rings is 2. The van der Waals surface area contributed by atoms with Crippen LogP contribution in [0.3, 0.4) is 0 Å². The van der Waals surface area contributed by atoms with E-state index in [2.05, 4.69) is 10.6 Å². The summed E-state index contributed by atoms with van der Waals surface area (Å²) in [5.41, 5.74) is 0.926. The molecule has 31 heavy (non-hydrogen) atoms. The van der Waals surface area contributed by atoms with Gasteiger partial charge >= 0.3 is 18.0 Å². The lowest BCUT2D eigenvalue weighted by atomic mass is 9.95. The second kappa shape index (κ2) is 10.2. The number of nitrogens with one attached hydrogen (secondary N) is 2. The largest absolute Gasteiger partial charge is 0.482 e. The third-order valence-corrected chi connectivity index (χ3v) is 4.33. The highest BCUT2D eigenvalue weighted by molar-refractivity contribution is 5.95. The number of ether oxygens (including phenoxy) is 3. The number of urea groups is 1. The molecule has 3 rings (SSSR count). The predicted molar refractivity (Wildman–Crippen MR) is 107 cm³/mol. The molecule has 2 amide bonds. The van der Waals surface area contributed by atoms with Crippen LogP contribution < -0.4 is 15.4 Å². The summed E-state index contributed by atoms with van der Waals surface area (Å²) in [6.45, 7) is 1.01. The highest BCUT2D eigenvalue weighted by Crippen LogP contribution is 2.27. The summed E-state index contributed by atoms with van der Waals surface area (Å²) >= 11 is 0. The summed E-state index contributed by atoms with van der Waals surface area (Å²) in [7, 11) is 0. The Morgan fingerprint density at radius 2 is 1.74 bits per heavy atom. The number of rotatable bonds is 8. The minimum atomic E-state index is -0.766. The van der Waals surface area contributed by atoms with E-state index < -0.39 is 36.4 Å². The van der Waals surface area contributed by atoms with E-state index in [9.17, 15) is 18.8 Å². The zero-order chi connectivity index (χ0) is 22.2. The van der Waals surface area contributed by atoms with E-state index in [0.29, 0.717) is 11.3 Å². The molecule has 162 valence electrons. The SMILES string of the molecule is CCOC(=O)C1=C(COC(=O)COc2ccc(F)cc2)NC(=O)NC1c1ccccc1. The minimum absolute atomic E-state index is 0.117. The van der Waals surface area contributed by atoms with Crippen molar-refractivity contribution < 1.29 is 33.0 Å². The van der Waals surface area contributed by atoms with Crippen molar-refractivity contribution in [2.24, 2.45) is 0 Å². The monoisotopic (exact) mass is 428 g/mol. The summed E-state index contributed by atoms with van der Waals surface area (Å²) in [6, 6.07) is 12.7. The van der Waals surface area contributed by atoms with Crippen molar-refractivity contribution in [1.29, 1.82) is 0 Å². The van der Waals surface area contributed by atoms with Crippen LogP contribution >= 0.6 is 0 Å². The van der Waals surface area contributed by atoms with Gasteiger partial charge in [-0.05, 0) is 36.8 Å². The number of hydrogen-bond acceptors (Lipinski definition) is 6. The molecule has 2 N–H and O–H groups in total. The molecule has 0 saturated heterocycles. The fraction of sp³-hybridized carbons (Fsp3) is 0.227. The Hall–Kier alpha value is -3.88. The van der Waals surface area contributed by atoms with Gasteiger partial charge in [-0.2, -0.15) is 0 Å². The van der Waals surface area contributed by atoms with Gasteiger partial charge in [-0.15, -0.1) is 0 Å². The number of carbonyl (C=O) groups excluding carboxylic acids is 3. The molecule has 0 radical (unpaired) electrons. The van der Waals surface area contributed by atoms with Gasteiger partial charge in [0.25, 0.3) is 0 Å². The van der Waals surface area contributed by atoms with Gasteiger partial charge in [-0.1, -0.05) is 30.3 Å². The van der Waals surface area contributed by atoms with Crippen LogP contribution in [0.1, 0.15) is 18.5 Å². The normalized spacial score (nSPS) is 15.5. The molecule has 8 nitrogen and oxygen atoms in total. The maximum absolute atomic E-state index is 12.9. The molecular weight excluding hydrogens is 407 g/mol. The van der Waals surface area contributed by atoms with Gasteiger partial charge < -0.3 is 24.8 Å². The maximum atomic E-state index is 12.9. The van der Waals surface area contributed by atoms with Gasteiger partial charge in [0, 0.05) is 0 Å². The van der Waals surface area contributed by atoms with E-state index in [-0.39, 0.29) is 24.5 Å². The average molecular weight is 428 g/mol. The number of carbonyl (C=O) groups is 3. The summed E-state index contributed by atoms with van der Waals surface area (Å²) in [5, 5.41) is 5.20. The van der Waals surface area contributed by atoms with Crippen molar-refractivity contribution in [2.75, 3.05) is 19.8 Å². The molecule has 0 saturated carbocycles. The third-order valence-electron chi connectivity index (χ3n) is 4.33. The smallest absolute Gasteiger partial charge is 0.344 e. The summed E-state index contributed by atoms with van der Waals surface area (Å²) < 4.78 is 28.5. The van der Waals surface area contributed by atoms with Gasteiger partial charge in [0.1, 0.15) is 18.2 Å². The fourth-order valence-corrected chi connectivity index (χ4v) is 2.94. The second-order valence-electron chi connectivity index (χ2n) is 6.46. The van der Waals surface area contributed by atoms with E-state index in [4.69, 9.17) is 14.2 Å². The van der Waals surface area contributed by atoms with Crippen LogP contribution in [0, 0.1) is 5.82 Å². The molecule has 2 aromatic carbocycles. The van der Waals surface area contributed by atoms with Crippen molar-refractivity contribution in [3.8, 4) is 5.75 Å². The van der Waals surface area contributed by atoms with Crippen molar-refractivity contribution in [2.45, 2.75) is 13.0 Å².